The molecular weight excluding hydrogens is 214 g/mol. The minimum absolute atomic E-state index is 0.337. The van der Waals surface area contributed by atoms with Crippen molar-refractivity contribution in [1.82, 2.24) is 15.1 Å². The van der Waals surface area contributed by atoms with Crippen LogP contribution in [0.4, 0.5) is 0 Å². The molecule has 0 aliphatic carbocycles. The summed E-state index contributed by atoms with van der Waals surface area (Å²) in [5, 5.41) is 3.08. The molecule has 0 spiro atoms. The number of piperidine rings is 1. The molecule has 0 aromatic heterocycles. The number of nitrogens with one attached hydrogen (secondary N) is 1. The Labute approximate surface area is 105 Å². The predicted molar refractivity (Wildman–Crippen MR) is 71.0 cm³/mol. The minimum atomic E-state index is 0.337. The van der Waals surface area contributed by atoms with Gasteiger partial charge in [-0.1, -0.05) is 0 Å². The molecule has 100 valence electrons. The number of carbonyl (C=O) groups excluding carboxylic acids is 1. The maximum Gasteiger partial charge on any atom is 0.222 e. The van der Waals surface area contributed by atoms with Crippen LogP contribution in [0.25, 0.3) is 0 Å². The van der Waals surface area contributed by atoms with Crippen molar-refractivity contribution in [3.8, 4) is 0 Å². The second-order valence-corrected chi connectivity index (χ2v) is 5.29. The summed E-state index contributed by atoms with van der Waals surface area (Å²) in [4.78, 5) is 16.2. The number of hydrogen-bond donors (Lipinski definition) is 1. The zero-order valence-electron chi connectivity index (χ0n) is 11.5. The van der Waals surface area contributed by atoms with Gasteiger partial charge < -0.3 is 15.1 Å². The predicted octanol–water partition coefficient (Wildman–Crippen LogP) is 0.786. The normalized spacial score (nSPS) is 17.8. The van der Waals surface area contributed by atoms with Crippen LogP contribution in [0, 0.1) is 5.92 Å². The Hall–Kier alpha value is -0.610. The summed E-state index contributed by atoms with van der Waals surface area (Å²) in [7, 11) is 6.17. The quantitative estimate of drug-likeness (QED) is 0.698. The van der Waals surface area contributed by atoms with Crippen LogP contribution in [0.1, 0.15) is 25.7 Å². The van der Waals surface area contributed by atoms with Crippen LogP contribution in [0.5, 0.6) is 0 Å². The van der Waals surface area contributed by atoms with E-state index in [2.05, 4.69) is 24.3 Å². The van der Waals surface area contributed by atoms with Crippen molar-refractivity contribution in [3.05, 3.63) is 0 Å². The number of hydrogen-bond acceptors (Lipinski definition) is 3. The molecule has 1 aliphatic heterocycles. The fourth-order valence-corrected chi connectivity index (χ4v) is 2.46. The Balaban J connectivity index is 2.19. The van der Waals surface area contributed by atoms with Crippen molar-refractivity contribution in [2.45, 2.75) is 25.7 Å². The third-order valence-corrected chi connectivity index (χ3v) is 3.41. The lowest BCUT2D eigenvalue weighted by atomic mass is 9.96. The standard InChI is InChI=1S/C13H27N3O/c1-14-8-4-5-13(17)16-9-6-12(7-10-16)11-15(2)3/h12,14H,4-11H2,1-3H3. The molecule has 1 saturated heterocycles. The van der Waals surface area contributed by atoms with E-state index in [4.69, 9.17) is 0 Å². The zero-order valence-corrected chi connectivity index (χ0v) is 11.5. The Morgan fingerprint density at radius 3 is 2.53 bits per heavy atom. The highest BCUT2D eigenvalue weighted by Gasteiger charge is 2.22. The molecule has 1 aliphatic rings. The summed E-state index contributed by atoms with van der Waals surface area (Å²) in [6, 6.07) is 0. The van der Waals surface area contributed by atoms with Crippen LogP contribution in [-0.4, -0.2) is 63.0 Å². The highest BCUT2D eigenvalue weighted by Crippen LogP contribution is 2.18. The molecule has 1 N–H and O–H groups in total. The summed E-state index contributed by atoms with van der Waals surface area (Å²) in [5.41, 5.74) is 0. The lowest BCUT2D eigenvalue weighted by molar-refractivity contribution is -0.132. The van der Waals surface area contributed by atoms with Gasteiger partial charge in [-0.15, -0.1) is 0 Å². The van der Waals surface area contributed by atoms with E-state index in [0.29, 0.717) is 12.3 Å². The molecule has 0 unspecified atom stereocenters. The fourth-order valence-electron chi connectivity index (χ4n) is 2.46. The van der Waals surface area contributed by atoms with Crippen LogP contribution in [-0.2, 0) is 4.79 Å². The minimum Gasteiger partial charge on any atom is -0.343 e. The molecule has 4 nitrogen and oxygen atoms in total. The van der Waals surface area contributed by atoms with Crippen LogP contribution in [0.15, 0.2) is 0 Å². The van der Waals surface area contributed by atoms with Crippen LogP contribution in [0.2, 0.25) is 0 Å². The average molecular weight is 241 g/mol. The van der Waals surface area contributed by atoms with Crippen LogP contribution in [0.3, 0.4) is 0 Å². The summed E-state index contributed by atoms with van der Waals surface area (Å²) < 4.78 is 0. The van der Waals surface area contributed by atoms with E-state index in [1.807, 2.05) is 11.9 Å². The highest BCUT2D eigenvalue weighted by atomic mass is 16.2. The average Bonchev–Trinajstić information content (AvgIpc) is 2.29. The number of amides is 1. The molecule has 17 heavy (non-hydrogen) atoms. The topological polar surface area (TPSA) is 35.6 Å². The van der Waals surface area contributed by atoms with Gasteiger partial charge in [0.1, 0.15) is 0 Å². The Kier molecular flexibility index (Phi) is 6.52. The summed E-state index contributed by atoms with van der Waals surface area (Å²) >= 11 is 0. The Bertz CT molecular complexity index is 223. The molecule has 0 radical (unpaired) electrons. The van der Waals surface area contributed by atoms with E-state index >= 15 is 0 Å². The van der Waals surface area contributed by atoms with Crippen molar-refractivity contribution in [1.29, 1.82) is 0 Å². The Morgan fingerprint density at radius 1 is 1.35 bits per heavy atom. The Morgan fingerprint density at radius 2 is 2.00 bits per heavy atom. The van der Waals surface area contributed by atoms with Gasteiger partial charge in [0.15, 0.2) is 0 Å². The molecule has 0 atom stereocenters. The molecule has 1 rings (SSSR count). The molecule has 0 aromatic rings. The molecule has 1 heterocycles. The molecule has 0 aromatic carbocycles. The van der Waals surface area contributed by atoms with E-state index in [1.165, 1.54) is 0 Å². The van der Waals surface area contributed by atoms with Crippen molar-refractivity contribution >= 4 is 5.91 Å². The first kappa shape index (κ1) is 14.5. The van der Waals surface area contributed by atoms with Gasteiger partial charge in [0.2, 0.25) is 5.91 Å². The number of rotatable bonds is 6. The van der Waals surface area contributed by atoms with Gasteiger partial charge in [-0.25, -0.2) is 0 Å². The van der Waals surface area contributed by atoms with E-state index in [9.17, 15) is 4.79 Å². The van der Waals surface area contributed by atoms with Gasteiger partial charge in [0, 0.05) is 26.1 Å². The van der Waals surface area contributed by atoms with E-state index < -0.39 is 0 Å². The lowest BCUT2D eigenvalue weighted by Gasteiger charge is -2.33. The third-order valence-electron chi connectivity index (χ3n) is 3.41. The van der Waals surface area contributed by atoms with Crippen molar-refractivity contribution in [3.63, 3.8) is 0 Å². The molecule has 4 heteroatoms. The number of carbonyl (C=O) groups is 1. The molecule has 1 amide bonds. The maximum absolute atomic E-state index is 11.9. The van der Waals surface area contributed by atoms with E-state index in [1.54, 1.807) is 0 Å². The van der Waals surface area contributed by atoms with Crippen LogP contribution < -0.4 is 5.32 Å². The van der Waals surface area contributed by atoms with Crippen LogP contribution >= 0.6 is 0 Å². The van der Waals surface area contributed by atoms with Gasteiger partial charge >= 0.3 is 0 Å². The number of likely N-dealkylation sites (tertiary alicyclic amines) is 1. The van der Waals surface area contributed by atoms with Crippen molar-refractivity contribution in [2.24, 2.45) is 5.92 Å². The lowest BCUT2D eigenvalue weighted by Crippen LogP contribution is -2.40. The first-order valence-electron chi connectivity index (χ1n) is 6.70. The first-order chi connectivity index (χ1) is 8.13. The fraction of sp³-hybridized carbons (Fsp3) is 0.923. The number of nitrogens with zero attached hydrogens (tertiary/aromatic N) is 2. The van der Waals surface area contributed by atoms with Gasteiger partial charge in [0.25, 0.3) is 0 Å². The third kappa shape index (κ3) is 5.50. The largest absolute Gasteiger partial charge is 0.343 e. The SMILES string of the molecule is CNCCCC(=O)N1CCC(CN(C)C)CC1. The summed E-state index contributed by atoms with van der Waals surface area (Å²) in [5.74, 6) is 1.11. The van der Waals surface area contributed by atoms with Gasteiger partial charge in [-0.05, 0) is 52.9 Å². The molecule has 0 bridgehead atoms. The summed E-state index contributed by atoms with van der Waals surface area (Å²) in [6.07, 6.45) is 3.97. The second kappa shape index (κ2) is 7.67. The van der Waals surface area contributed by atoms with Crippen molar-refractivity contribution < 1.29 is 4.79 Å². The smallest absolute Gasteiger partial charge is 0.222 e. The molecule has 0 saturated carbocycles. The monoisotopic (exact) mass is 241 g/mol. The summed E-state index contributed by atoms with van der Waals surface area (Å²) in [6.45, 7) is 4.00. The molecular formula is C13H27N3O. The van der Waals surface area contributed by atoms with E-state index in [-0.39, 0.29) is 0 Å². The van der Waals surface area contributed by atoms with Gasteiger partial charge in [-0.3, -0.25) is 4.79 Å². The highest BCUT2D eigenvalue weighted by molar-refractivity contribution is 5.76. The van der Waals surface area contributed by atoms with Crippen molar-refractivity contribution in [2.75, 3.05) is 47.3 Å². The van der Waals surface area contributed by atoms with E-state index in [0.717, 1.165) is 51.4 Å². The maximum atomic E-state index is 11.9. The first-order valence-corrected chi connectivity index (χ1v) is 6.70. The zero-order chi connectivity index (χ0) is 12.7. The van der Waals surface area contributed by atoms with Gasteiger partial charge in [0.05, 0.1) is 0 Å². The van der Waals surface area contributed by atoms with Gasteiger partial charge in [-0.2, -0.15) is 0 Å². The molecule has 1 fully saturated rings. The second-order valence-electron chi connectivity index (χ2n) is 5.29.